The number of anilines is 1. The Hall–Kier alpha value is -19.2. The molecular formula is C110H98FN21O17. The third-order valence-corrected chi connectivity index (χ3v) is 24.7. The molecule has 2 unspecified atom stereocenters. The maximum absolute atomic E-state index is 15.1. The van der Waals surface area contributed by atoms with E-state index in [0.717, 1.165) is 35.3 Å². The van der Waals surface area contributed by atoms with E-state index in [2.05, 4.69) is 65.5 Å². The van der Waals surface area contributed by atoms with Crippen molar-refractivity contribution in [1.82, 2.24) is 98.0 Å². The fourth-order valence-electron chi connectivity index (χ4n) is 16.5. The van der Waals surface area contributed by atoms with E-state index in [4.69, 9.17) is 33.2 Å². The number of morpholine rings is 1. The second kappa shape index (κ2) is 45.2. The van der Waals surface area contributed by atoms with E-state index < -0.39 is 35.7 Å². The molecule has 2 fully saturated rings. The fourth-order valence-corrected chi connectivity index (χ4v) is 16.5. The molecule has 13 heterocycles. The van der Waals surface area contributed by atoms with E-state index in [9.17, 15) is 47.9 Å². The van der Waals surface area contributed by atoms with E-state index >= 15 is 4.39 Å². The Morgan fingerprint density at radius 1 is 0.477 bits per heavy atom. The first-order valence-electron chi connectivity index (χ1n) is 46.9. The summed E-state index contributed by atoms with van der Waals surface area (Å²) >= 11 is 0. The van der Waals surface area contributed by atoms with Crippen LogP contribution in [0.2, 0.25) is 0 Å². The molecule has 149 heavy (non-hydrogen) atoms. The number of H-pyrrole nitrogens is 1. The number of halogens is 1. The number of hydrogen-bond acceptors (Lipinski definition) is 27. The second-order valence-corrected chi connectivity index (χ2v) is 34.2. The molecule has 0 saturated carbocycles. The molecule has 752 valence electrons. The monoisotopic (exact) mass is 2000 g/mol. The quantitative estimate of drug-likeness (QED) is 0.0223. The number of amides is 4. The molecule has 20 rings (SSSR count). The molecule has 7 aromatic carbocycles. The Balaban J connectivity index is 0.000000136. The van der Waals surface area contributed by atoms with Crippen LogP contribution in [0, 0.1) is 26.6 Å². The summed E-state index contributed by atoms with van der Waals surface area (Å²) in [7, 11) is 9.90. The lowest BCUT2D eigenvalue weighted by molar-refractivity contribution is -0.165. The van der Waals surface area contributed by atoms with Crippen molar-refractivity contribution in [3.63, 3.8) is 0 Å². The highest BCUT2D eigenvalue weighted by molar-refractivity contribution is 6.06. The lowest BCUT2D eigenvalue weighted by Gasteiger charge is -2.37. The minimum atomic E-state index is -1.30. The van der Waals surface area contributed by atoms with Crippen LogP contribution in [0.15, 0.2) is 300 Å². The molecular weight excluding hydrogens is 1910 g/mol. The maximum Gasteiger partial charge on any atom is 0.321 e. The molecule has 4 amide bonds. The summed E-state index contributed by atoms with van der Waals surface area (Å²) < 4.78 is 64.6. The van der Waals surface area contributed by atoms with Gasteiger partial charge in [0.2, 0.25) is 17.7 Å². The van der Waals surface area contributed by atoms with Crippen molar-refractivity contribution in [3.05, 3.63) is 390 Å². The first-order chi connectivity index (χ1) is 72.1. The van der Waals surface area contributed by atoms with E-state index in [-0.39, 0.29) is 112 Å². The number of benzene rings is 7. The number of imidazole rings is 1. The lowest BCUT2D eigenvalue weighted by atomic mass is 10.00. The van der Waals surface area contributed by atoms with Gasteiger partial charge < -0.3 is 53.3 Å². The molecule has 0 aliphatic carbocycles. The van der Waals surface area contributed by atoms with Gasteiger partial charge in [0.25, 0.3) is 28.5 Å². The minimum absolute atomic E-state index is 0.00327. The van der Waals surface area contributed by atoms with Crippen LogP contribution in [0.1, 0.15) is 107 Å². The Labute approximate surface area is 849 Å². The van der Waals surface area contributed by atoms with Crippen molar-refractivity contribution >= 4 is 79.9 Å². The van der Waals surface area contributed by atoms with E-state index in [1.165, 1.54) is 70.3 Å². The van der Waals surface area contributed by atoms with Crippen molar-refractivity contribution in [2.45, 2.75) is 72.5 Å². The summed E-state index contributed by atoms with van der Waals surface area (Å²) in [6, 6.07) is 65.0. The first-order valence-corrected chi connectivity index (χ1v) is 46.9. The lowest BCUT2D eigenvalue weighted by Crippen LogP contribution is -2.51. The molecule has 3 N–H and O–H groups in total. The van der Waals surface area contributed by atoms with Gasteiger partial charge in [0.15, 0.2) is 58.0 Å². The zero-order valence-corrected chi connectivity index (χ0v) is 82.5. The van der Waals surface area contributed by atoms with Crippen molar-refractivity contribution in [1.29, 1.82) is 0 Å². The highest BCUT2D eigenvalue weighted by atomic mass is 19.1. The second-order valence-electron chi connectivity index (χ2n) is 34.2. The van der Waals surface area contributed by atoms with Crippen LogP contribution in [-0.2, 0) is 61.2 Å². The first kappa shape index (κ1) is 101. The summed E-state index contributed by atoms with van der Waals surface area (Å²) in [5.41, 5.74) is 8.83. The van der Waals surface area contributed by atoms with Crippen LogP contribution >= 0.6 is 0 Å². The molecule has 0 spiro atoms. The van der Waals surface area contributed by atoms with Gasteiger partial charge in [-0.3, -0.25) is 87.4 Å². The standard InChI is InChI=1S/C32H29FN2O5.C27H23N7O4.C27H23N5O4.C24H23N7O4/c1-4-20(2)35-19-30(22-8-6-5-7-9-22)40-31(32(35)37)27(36)17-21-10-13-29(25(33)16-21)39-28-14-15-34-26-18-23(38-3)11-12-24(26)28;1-16-22(26(36)34(32(16)2)18-6-4-3-5-7-18)20(35)14-17-8-9-19(15-29-17)38-21-10-11-28-24-23(21)30-25(31-24)27(37)33-12-13-33;1-17-26(27(34)32(31(17)2)19-7-5-4-6-8-19)23(33)13-18-15-30-25(16-29-18)36-24-11-12-28-22-14-20(35-3)9-10-21(22)24;1-15-21(22(33)31(30(15)3)17-7-5-4-6-8-17)19(32)13-16-9-10-18(14-27-16)35-20-11-12-26-23(28-20)29-24(34)25-2/h4-16,18,30-31H,17,19H2,1-3H3;3-11,15H,12-14H2,1-2H3,(H,28,30,31);4-12,14-16H,13H2,1-3H3;4-12,14H,13H2,1-3H3,(H2,25,26,28,29,34)/b20-4+;;;. The third-order valence-electron chi connectivity index (χ3n) is 24.7. The Morgan fingerprint density at radius 2 is 0.960 bits per heavy atom. The zero-order valence-electron chi connectivity index (χ0n) is 82.5. The number of carbonyl (C=O) groups excluding carboxylic acids is 7. The van der Waals surface area contributed by atoms with Gasteiger partial charge >= 0.3 is 6.03 Å². The average Bonchev–Trinajstić information content (AvgIpc) is 1.72. The number of Topliss-reactive ketones (excluding diaryl/α,β-unsaturated/α-hetero) is 4. The number of fused-ring (bicyclic) bond motifs is 3. The molecule has 2 aliphatic rings. The number of urea groups is 1. The number of pyridine rings is 5. The van der Waals surface area contributed by atoms with Gasteiger partial charge in [0.05, 0.1) is 98.6 Å². The summed E-state index contributed by atoms with van der Waals surface area (Å²) in [6.07, 6.45) is 11.9. The molecule has 2 aliphatic heterocycles. The number of nitrogens with zero attached hydrogens (tertiary/aromatic N) is 18. The summed E-state index contributed by atoms with van der Waals surface area (Å²) in [6.45, 7) is 10.7. The number of rotatable bonds is 29. The molecule has 0 bridgehead atoms. The van der Waals surface area contributed by atoms with Crippen LogP contribution in [0.3, 0.4) is 0 Å². The highest BCUT2D eigenvalue weighted by Crippen LogP contribution is 2.37. The third kappa shape index (κ3) is 22.9. The number of ether oxygens (including phenoxy) is 7. The Kier molecular flexibility index (Phi) is 30.7. The predicted molar refractivity (Wildman–Crippen MR) is 549 cm³/mol. The zero-order chi connectivity index (χ0) is 105. The molecule has 2 saturated heterocycles. The van der Waals surface area contributed by atoms with Crippen molar-refractivity contribution in [2.75, 3.05) is 46.2 Å². The number of hydrogen-bond donors (Lipinski definition) is 3. The van der Waals surface area contributed by atoms with Crippen LogP contribution < -0.4 is 55.7 Å². The predicted octanol–water partition coefficient (Wildman–Crippen LogP) is 15.7. The number of aromatic nitrogens is 17. The molecule has 11 aromatic heterocycles. The van der Waals surface area contributed by atoms with Crippen LogP contribution in [0.25, 0.3) is 50.0 Å². The van der Waals surface area contributed by atoms with Gasteiger partial charge in [-0.25, -0.2) is 43.2 Å². The van der Waals surface area contributed by atoms with E-state index in [1.807, 2.05) is 159 Å². The number of carbonyl (C=O) groups is 7. The van der Waals surface area contributed by atoms with Crippen molar-refractivity contribution in [2.24, 2.45) is 21.1 Å². The molecule has 39 heteroatoms. The van der Waals surface area contributed by atoms with Crippen LogP contribution in [0.5, 0.6) is 57.8 Å². The van der Waals surface area contributed by atoms with Gasteiger partial charge in [-0.05, 0) is 155 Å². The minimum Gasteiger partial charge on any atom is -0.497 e. The number of para-hydroxylation sites is 3. The van der Waals surface area contributed by atoms with Gasteiger partial charge in [-0.1, -0.05) is 97.1 Å². The molecule has 18 aromatic rings. The van der Waals surface area contributed by atoms with E-state index in [1.54, 1.807) is 165 Å². The summed E-state index contributed by atoms with van der Waals surface area (Å²) in [5.74, 6) is 1.78. The maximum atomic E-state index is 15.1. The average molecular weight is 2010 g/mol. The van der Waals surface area contributed by atoms with Gasteiger partial charge in [-0.15, -0.1) is 0 Å². The fraction of sp³-hybridized carbons (Fsp3) is 0.182. The Morgan fingerprint density at radius 3 is 1.44 bits per heavy atom. The smallest absolute Gasteiger partial charge is 0.321 e. The molecule has 38 nitrogen and oxygen atoms in total. The van der Waals surface area contributed by atoms with Gasteiger partial charge in [0, 0.05) is 142 Å². The Bertz CT molecular complexity index is 8320. The largest absolute Gasteiger partial charge is 0.497 e. The number of methoxy groups -OCH3 is 2. The number of nitrogens with one attached hydrogen (secondary N) is 3. The summed E-state index contributed by atoms with van der Waals surface area (Å²) in [4.78, 5) is 178. The number of aromatic amines is 1. The van der Waals surface area contributed by atoms with Gasteiger partial charge in [-0.2, -0.15) is 4.98 Å². The highest BCUT2D eigenvalue weighted by Gasteiger charge is 2.41. The van der Waals surface area contributed by atoms with Crippen LogP contribution in [0.4, 0.5) is 15.1 Å². The normalized spacial score (nSPS) is 13.1. The topological polar surface area (TPSA) is 440 Å². The van der Waals surface area contributed by atoms with Crippen molar-refractivity contribution in [3.8, 4) is 74.8 Å². The number of allylic oxidation sites excluding steroid dienone is 2. The van der Waals surface area contributed by atoms with Crippen LogP contribution in [-0.4, -0.2) is 181 Å². The van der Waals surface area contributed by atoms with Crippen molar-refractivity contribution < 1.29 is 71.1 Å². The molecule has 2 atom stereocenters. The molecule has 0 radical (unpaired) electrons. The van der Waals surface area contributed by atoms with Gasteiger partial charge in [0.1, 0.15) is 62.8 Å². The summed E-state index contributed by atoms with van der Waals surface area (Å²) in [5, 5.41) is 6.36. The number of ketones is 4. The van der Waals surface area contributed by atoms with E-state index in [0.29, 0.717) is 126 Å². The SMILES string of the molecule is C/C=C(\C)N1CC(c2ccccc2)OC(C(=O)Cc2ccc(Oc3ccnc4cc(OC)ccc34)c(F)c2)C1=O.CNC(=O)Nc1nccc(Oc2ccc(CC(=O)c3c(C)n(C)n(-c4ccccc4)c3=O)nc2)n1.COc1ccc2c(Oc3cnc(CC(=O)c4c(C)n(C)n(-c5ccccc5)c4=O)cn3)ccnc2c1.Cc1c(C(=O)Cc2ccc(Oc3ccnc4nc(C(=O)N5CC5)[nH]c34)cn2)c(=O)n(-c2ccccc2)n1C.